The molecule has 4 saturated carbocycles. The standard InChI is InChI=1S/C36H52N2O9S2/c1-19-13-22-28(41)21-5-4-6-23-27(21)29(42)35(22,25(40)14-19)17-48-49-18-38-26-15-20(8-12-37-26)33(9-2-3-10-33)24-7-11-34(16-39)32(44)36(24,45)30(43)31(46-23)47-34/h13-14,20-24,26-27,30-32,37-40,43-45H,2-12,15-18H2,1H3/p+1/t20?,21?,22-,23?,24-,26?,27?,30-,31+,32+,34-,35-,36+/m0/s1. The average Bonchev–Trinajstić information content (AvgIpc) is 3.59. The minimum atomic E-state index is -2.02. The fourth-order valence-corrected chi connectivity index (χ4v) is 14.4. The lowest BCUT2D eigenvalue weighted by atomic mass is 9.50. The minimum Gasteiger partial charge on any atom is -0.511 e. The van der Waals surface area contributed by atoms with Gasteiger partial charge in [-0.1, -0.05) is 52.5 Å². The van der Waals surface area contributed by atoms with Crippen molar-refractivity contribution in [1.29, 1.82) is 0 Å². The van der Waals surface area contributed by atoms with Crippen molar-refractivity contribution in [1.82, 2.24) is 5.32 Å². The maximum absolute atomic E-state index is 14.9. The zero-order valence-corrected chi connectivity index (χ0v) is 29.9. The maximum atomic E-state index is 14.9. The summed E-state index contributed by atoms with van der Waals surface area (Å²) in [7, 11) is 3.10. The summed E-state index contributed by atoms with van der Waals surface area (Å²) in [5.74, 6) is -2.02. The predicted molar refractivity (Wildman–Crippen MR) is 183 cm³/mol. The van der Waals surface area contributed by atoms with Gasteiger partial charge in [-0.2, -0.15) is 0 Å². The van der Waals surface area contributed by atoms with Crippen LogP contribution >= 0.6 is 21.6 Å². The fraction of sp³-hybridized carbons (Fsp3) is 0.833. The normalized spacial score (nSPS) is 49.8. The molecule has 5 unspecified atom stereocenters. The van der Waals surface area contributed by atoms with Crippen molar-refractivity contribution in [2.45, 2.75) is 120 Å². The number of ketones is 2. The molecule has 13 heteroatoms. The van der Waals surface area contributed by atoms with E-state index >= 15 is 0 Å². The molecule has 3 aliphatic heterocycles. The molecular weight excluding hydrogens is 669 g/mol. The number of aliphatic hydroxyl groups excluding tert-OH is 4. The summed E-state index contributed by atoms with van der Waals surface area (Å²) in [5.41, 5.74) is -4.56. The van der Waals surface area contributed by atoms with Crippen molar-refractivity contribution in [3.63, 3.8) is 0 Å². The van der Waals surface area contributed by atoms with Gasteiger partial charge in [0.1, 0.15) is 46.5 Å². The van der Waals surface area contributed by atoms with Crippen molar-refractivity contribution in [3.8, 4) is 0 Å². The van der Waals surface area contributed by atoms with Crippen LogP contribution in [0.25, 0.3) is 0 Å². The maximum Gasteiger partial charge on any atom is 0.187 e. The van der Waals surface area contributed by atoms with Crippen LogP contribution in [-0.2, 0) is 19.1 Å². The molecule has 2 spiro atoms. The van der Waals surface area contributed by atoms with E-state index in [-0.39, 0.29) is 40.6 Å². The van der Waals surface area contributed by atoms with Crippen LogP contribution in [-0.4, -0.2) is 104 Å². The third kappa shape index (κ3) is 5.07. The van der Waals surface area contributed by atoms with E-state index in [2.05, 4.69) is 10.6 Å². The highest BCUT2D eigenvalue weighted by Gasteiger charge is 2.72. The summed E-state index contributed by atoms with van der Waals surface area (Å²) in [6.07, 6.45) is 6.18. The first-order valence-corrected chi connectivity index (χ1v) is 21.0. The van der Waals surface area contributed by atoms with Crippen LogP contribution in [0.2, 0.25) is 0 Å². The number of hydrogen-bond acceptors (Lipinski definition) is 12. The van der Waals surface area contributed by atoms with Gasteiger partial charge in [0.2, 0.25) is 0 Å². The van der Waals surface area contributed by atoms with Crippen LogP contribution in [0, 0.1) is 40.4 Å². The molecule has 3 saturated heterocycles. The number of Topliss-reactive ketones (excluding diaryl/α,β-unsaturated/α-hetero) is 2. The molecule has 0 aromatic rings. The molecule has 5 aliphatic carbocycles. The molecule has 8 rings (SSSR count). The van der Waals surface area contributed by atoms with Gasteiger partial charge < -0.3 is 40.3 Å². The van der Waals surface area contributed by atoms with Crippen LogP contribution in [0.15, 0.2) is 23.5 Å². The molecule has 3 heterocycles. The first kappa shape index (κ1) is 35.1. The molecule has 11 nitrogen and oxygen atoms in total. The Morgan fingerprint density at radius 3 is 2.63 bits per heavy atom. The second-order valence-electron chi connectivity index (χ2n) is 16.4. The summed E-state index contributed by atoms with van der Waals surface area (Å²) >= 11 is 0. The van der Waals surface area contributed by atoms with E-state index in [9.17, 15) is 35.1 Å². The van der Waals surface area contributed by atoms with Crippen molar-refractivity contribution in [3.05, 3.63) is 23.5 Å². The lowest BCUT2D eigenvalue weighted by Gasteiger charge is -2.64. The molecule has 0 radical (unpaired) electrons. The Bertz CT molecular complexity index is 1410. The Balaban J connectivity index is 1.22. The van der Waals surface area contributed by atoms with E-state index in [0.717, 1.165) is 50.6 Å². The molecular formula is C36H53N2O9S2+. The summed E-state index contributed by atoms with van der Waals surface area (Å²) in [6, 6.07) is 0. The topological polar surface area (TPSA) is 182 Å². The molecule has 0 aromatic heterocycles. The number of piperidine rings is 1. The number of nitrogens with one attached hydrogen (secondary N) is 1. The highest BCUT2D eigenvalue weighted by atomic mass is 33.1. The van der Waals surface area contributed by atoms with Gasteiger partial charge in [-0.25, -0.2) is 0 Å². The molecule has 8 N–H and O–H groups in total. The minimum absolute atomic E-state index is 0.0797. The Morgan fingerprint density at radius 1 is 1.06 bits per heavy atom. The number of ether oxygens (including phenoxy) is 2. The lowest BCUT2D eigenvalue weighted by Crippen LogP contribution is -2.95. The number of rotatable bonds is 1. The monoisotopic (exact) mass is 721 g/mol. The fourth-order valence-electron chi connectivity index (χ4n) is 12.0. The van der Waals surface area contributed by atoms with E-state index in [1.54, 1.807) is 16.9 Å². The number of allylic oxidation sites excluding steroid dienone is 4. The number of quaternary nitrogens is 1. The zero-order chi connectivity index (χ0) is 34.3. The smallest absolute Gasteiger partial charge is 0.187 e. The molecule has 49 heavy (non-hydrogen) atoms. The summed E-state index contributed by atoms with van der Waals surface area (Å²) in [5, 5.41) is 65.5. The van der Waals surface area contributed by atoms with E-state index in [1.165, 1.54) is 10.8 Å². The van der Waals surface area contributed by atoms with Crippen LogP contribution < -0.4 is 10.6 Å². The van der Waals surface area contributed by atoms with Gasteiger partial charge in [-0.3, -0.25) is 14.9 Å². The van der Waals surface area contributed by atoms with Crippen molar-refractivity contribution in [2.75, 3.05) is 24.8 Å². The highest BCUT2D eigenvalue weighted by molar-refractivity contribution is 8.76. The first-order valence-electron chi connectivity index (χ1n) is 18.5. The van der Waals surface area contributed by atoms with E-state index in [4.69, 9.17) is 9.47 Å². The summed E-state index contributed by atoms with van der Waals surface area (Å²) in [6.45, 7) is 2.19. The number of fused-ring (bicyclic) bond motifs is 6. The van der Waals surface area contributed by atoms with Gasteiger partial charge in [-0.05, 0) is 68.8 Å². The first-order chi connectivity index (χ1) is 23.5. The SMILES string of the molecule is CC1=C[C@H]2C(=O)C3CCCC4O[C@@H]5O[C@]6(CO)CC[C@@H](C7(CCCC7)C7CC[NH2+]C(C7)NCSSC[C@@]2(C(=O)C43)C(O)=C1)[C@](O)([C@@H]6O)[C@H]5O. The van der Waals surface area contributed by atoms with E-state index in [1.807, 2.05) is 13.0 Å². The van der Waals surface area contributed by atoms with Crippen molar-refractivity contribution >= 4 is 33.2 Å². The van der Waals surface area contributed by atoms with Gasteiger partial charge in [0.05, 0.1) is 37.0 Å². The van der Waals surface area contributed by atoms with Crippen LogP contribution in [0.3, 0.4) is 0 Å². The van der Waals surface area contributed by atoms with Gasteiger partial charge in [0, 0.05) is 24.5 Å². The molecule has 7 bridgehead atoms. The van der Waals surface area contributed by atoms with Crippen LogP contribution in [0.5, 0.6) is 0 Å². The summed E-state index contributed by atoms with van der Waals surface area (Å²) < 4.78 is 13.0. The quantitative estimate of drug-likeness (QED) is 0.195. The van der Waals surface area contributed by atoms with Gasteiger partial charge in [0.15, 0.2) is 12.1 Å². The molecule has 7 fully saturated rings. The summed E-state index contributed by atoms with van der Waals surface area (Å²) in [4.78, 5) is 29.3. The molecule has 0 aromatic carbocycles. The average molecular weight is 722 g/mol. The Labute approximate surface area is 295 Å². The number of carbonyl (C=O) groups excluding carboxylic acids is 2. The van der Waals surface area contributed by atoms with Gasteiger partial charge in [0.25, 0.3) is 0 Å². The lowest BCUT2D eigenvalue weighted by molar-refractivity contribution is -0.706. The molecule has 8 aliphatic rings. The van der Waals surface area contributed by atoms with Gasteiger partial charge in [-0.15, -0.1) is 0 Å². The second-order valence-corrected chi connectivity index (χ2v) is 18.9. The largest absolute Gasteiger partial charge is 0.511 e. The van der Waals surface area contributed by atoms with Crippen LogP contribution in [0.1, 0.15) is 77.6 Å². The number of aliphatic hydroxyl groups is 5. The molecule has 272 valence electrons. The predicted octanol–water partition coefficient (Wildman–Crippen LogP) is 1.70. The Morgan fingerprint density at radius 2 is 1.86 bits per heavy atom. The highest BCUT2D eigenvalue weighted by Crippen LogP contribution is 2.63. The van der Waals surface area contributed by atoms with Crippen LogP contribution in [0.4, 0.5) is 0 Å². The third-order valence-corrected chi connectivity index (χ3v) is 16.6. The van der Waals surface area contributed by atoms with E-state index in [0.29, 0.717) is 38.0 Å². The number of nitrogens with two attached hydrogens (primary N) is 1. The van der Waals surface area contributed by atoms with E-state index < -0.39 is 71.5 Å². The Kier molecular flexibility index (Phi) is 9.19. The number of carbonyl (C=O) groups is 2. The Hall–Kier alpha value is -1.00. The second kappa shape index (κ2) is 12.8. The van der Waals surface area contributed by atoms with Crippen molar-refractivity contribution < 1.29 is 49.9 Å². The molecule has 0 amide bonds. The third-order valence-electron chi connectivity index (χ3n) is 14.4. The number of hydrogen-bond donors (Lipinski definition) is 7. The molecule has 13 atom stereocenters. The zero-order valence-electron chi connectivity index (χ0n) is 28.3. The van der Waals surface area contributed by atoms with Gasteiger partial charge >= 0.3 is 0 Å². The van der Waals surface area contributed by atoms with Crippen molar-refractivity contribution in [2.24, 2.45) is 40.4 Å².